The summed E-state index contributed by atoms with van der Waals surface area (Å²) in [5.41, 5.74) is 11.9. The van der Waals surface area contributed by atoms with E-state index in [0.29, 0.717) is 37.6 Å². The van der Waals surface area contributed by atoms with E-state index in [0.717, 1.165) is 44.4 Å². The molecule has 12 nitrogen and oxygen atoms in total. The van der Waals surface area contributed by atoms with Crippen LogP contribution in [0.25, 0.3) is 11.1 Å². The van der Waals surface area contributed by atoms with E-state index < -0.39 is 17.9 Å². The van der Waals surface area contributed by atoms with Gasteiger partial charge in [-0.2, -0.15) is 0 Å². The lowest BCUT2D eigenvalue weighted by atomic mass is 10.1. The first-order valence-electron chi connectivity index (χ1n) is 13.8. The Bertz CT molecular complexity index is 1220. The lowest BCUT2D eigenvalue weighted by Crippen LogP contribution is -2.35. The molecule has 1 atom stereocenters. The van der Waals surface area contributed by atoms with E-state index in [-0.39, 0.29) is 29.6 Å². The average molecular weight is 572 g/mol. The molecule has 4 rings (SSSR count). The molecule has 1 aromatic carbocycles. The van der Waals surface area contributed by atoms with Crippen LogP contribution in [-0.2, 0) is 25.7 Å². The van der Waals surface area contributed by atoms with Crippen molar-refractivity contribution in [3.63, 3.8) is 0 Å². The summed E-state index contributed by atoms with van der Waals surface area (Å²) in [4.78, 5) is 31.3. The summed E-state index contributed by atoms with van der Waals surface area (Å²) < 4.78 is 31.8. The quantitative estimate of drug-likeness (QED) is 0.185. The number of nitrogens with two attached hydrogens (primary N) is 2. The van der Waals surface area contributed by atoms with Crippen molar-refractivity contribution >= 4 is 23.7 Å². The SMILES string of the molecule is CC(C)(CCON=C1CCN(c2ncc(-c3cccc(COC(=O)N=C(N)N)c3F)cn2)CC1)OC1CCCCO1. The Morgan fingerprint density at radius 3 is 2.63 bits per heavy atom. The third kappa shape index (κ3) is 9.08. The van der Waals surface area contributed by atoms with Gasteiger partial charge < -0.3 is 35.4 Å². The molecular weight excluding hydrogens is 533 g/mol. The fraction of sp³-hybridized carbons (Fsp3) is 0.536. The number of piperidine rings is 1. The zero-order valence-electron chi connectivity index (χ0n) is 23.6. The summed E-state index contributed by atoms with van der Waals surface area (Å²) in [6.07, 6.45) is 7.35. The molecule has 0 aliphatic carbocycles. The highest BCUT2D eigenvalue weighted by atomic mass is 19.1. The molecule has 1 unspecified atom stereocenters. The van der Waals surface area contributed by atoms with Crippen LogP contribution < -0.4 is 16.4 Å². The number of nitrogens with zero attached hydrogens (tertiary/aromatic N) is 5. The van der Waals surface area contributed by atoms with Gasteiger partial charge in [-0.15, -0.1) is 4.99 Å². The summed E-state index contributed by atoms with van der Waals surface area (Å²) in [7, 11) is 0. The van der Waals surface area contributed by atoms with Gasteiger partial charge in [0.2, 0.25) is 5.95 Å². The van der Waals surface area contributed by atoms with Gasteiger partial charge in [-0.1, -0.05) is 23.4 Å². The summed E-state index contributed by atoms with van der Waals surface area (Å²) in [5.74, 6) is -0.420. The zero-order valence-corrected chi connectivity index (χ0v) is 23.6. The minimum atomic E-state index is -0.997. The highest BCUT2D eigenvalue weighted by Crippen LogP contribution is 2.26. The van der Waals surface area contributed by atoms with Crippen molar-refractivity contribution in [3.05, 3.63) is 42.0 Å². The number of guanidine groups is 1. The van der Waals surface area contributed by atoms with Crippen LogP contribution in [0.5, 0.6) is 0 Å². The van der Waals surface area contributed by atoms with Crippen molar-refractivity contribution in [2.75, 3.05) is 31.2 Å². The van der Waals surface area contributed by atoms with Crippen molar-refractivity contribution in [1.29, 1.82) is 0 Å². The van der Waals surface area contributed by atoms with E-state index in [9.17, 15) is 4.79 Å². The molecule has 2 fully saturated rings. The number of amides is 1. The second kappa shape index (κ2) is 14.2. The minimum absolute atomic E-state index is 0.135. The van der Waals surface area contributed by atoms with Gasteiger partial charge in [0.25, 0.3) is 0 Å². The van der Waals surface area contributed by atoms with Crippen molar-refractivity contribution in [3.8, 4) is 11.1 Å². The van der Waals surface area contributed by atoms with E-state index in [4.69, 9.17) is 30.5 Å². The van der Waals surface area contributed by atoms with E-state index in [1.54, 1.807) is 24.5 Å². The van der Waals surface area contributed by atoms with Crippen molar-refractivity contribution < 1.29 is 28.2 Å². The van der Waals surface area contributed by atoms with E-state index in [2.05, 4.69) is 25.0 Å². The Morgan fingerprint density at radius 2 is 1.95 bits per heavy atom. The predicted octanol–water partition coefficient (Wildman–Crippen LogP) is 3.88. The Kier molecular flexibility index (Phi) is 10.4. The smallest absolute Gasteiger partial charge is 0.437 e. The normalized spacial score (nSPS) is 17.6. The number of oxime groups is 1. The van der Waals surface area contributed by atoms with Crippen LogP contribution in [0.15, 0.2) is 40.7 Å². The molecule has 2 saturated heterocycles. The van der Waals surface area contributed by atoms with Crippen molar-refractivity contribution in [1.82, 2.24) is 9.97 Å². The van der Waals surface area contributed by atoms with E-state index in [1.165, 1.54) is 6.07 Å². The molecule has 2 aromatic rings. The molecule has 3 heterocycles. The molecule has 1 aromatic heterocycles. The Labute approximate surface area is 238 Å². The fourth-order valence-electron chi connectivity index (χ4n) is 4.52. The third-order valence-corrected chi connectivity index (χ3v) is 6.80. The largest absolute Gasteiger partial charge is 0.443 e. The Morgan fingerprint density at radius 1 is 1.20 bits per heavy atom. The lowest BCUT2D eigenvalue weighted by Gasteiger charge is -2.32. The standard InChI is InChI=1S/C28H38FN7O5/c1-28(2,41-23-8-3-4-14-38-23)11-15-40-35-21-9-12-36(13-10-21)26-32-16-20(17-33-26)22-7-5-6-19(24(22)29)18-39-27(37)34-25(30)31/h5-7,16-17,23H,3-4,8-15,18H2,1-2H3,(H4,30,31,34,37). The molecule has 0 radical (unpaired) electrons. The number of carbonyl (C=O) groups is 1. The molecule has 2 aliphatic rings. The fourth-order valence-corrected chi connectivity index (χ4v) is 4.52. The number of aliphatic imine (C=N–C) groups is 1. The molecule has 41 heavy (non-hydrogen) atoms. The average Bonchev–Trinajstić information content (AvgIpc) is 2.95. The monoisotopic (exact) mass is 571 g/mol. The predicted molar refractivity (Wildman–Crippen MR) is 152 cm³/mol. The first kappa shape index (κ1) is 30.1. The number of hydrogen-bond acceptors (Lipinski definition) is 9. The molecule has 0 saturated carbocycles. The number of benzene rings is 1. The van der Waals surface area contributed by atoms with Crippen molar-refractivity contribution in [2.45, 2.75) is 70.9 Å². The number of anilines is 1. The Balaban J connectivity index is 1.24. The van der Waals surface area contributed by atoms with Gasteiger partial charge in [-0.05, 0) is 33.1 Å². The second-order valence-corrected chi connectivity index (χ2v) is 10.5. The zero-order chi connectivity index (χ0) is 29.2. The highest BCUT2D eigenvalue weighted by Gasteiger charge is 2.26. The van der Waals surface area contributed by atoms with Gasteiger partial charge in [-0.3, -0.25) is 0 Å². The highest BCUT2D eigenvalue weighted by molar-refractivity contribution is 5.88. The summed E-state index contributed by atoms with van der Waals surface area (Å²) in [6, 6.07) is 4.77. The van der Waals surface area contributed by atoms with Crippen LogP contribution in [0.1, 0.15) is 57.9 Å². The van der Waals surface area contributed by atoms with Crippen LogP contribution in [0.3, 0.4) is 0 Å². The van der Waals surface area contributed by atoms with Crippen molar-refractivity contribution in [2.24, 2.45) is 21.6 Å². The maximum Gasteiger partial charge on any atom is 0.437 e. The molecule has 0 spiro atoms. The van der Waals surface area contributed by atoms with Gasteiger partial charge in [0.1, 0.15) is 19.0 Å². The molecule has 1 amide bonds. The number of halogens is 1. The molecule has 13 heteroatoms. The van der Waals surface area contributed by atoms with Gasteiger partial charge in [0.05, 0.1) is 11.3 Å². The van der Waals surface area contributed by atoms with Crippen LogP contribution in [0, 0.1) is 5.82 Å². The van der Waals surface area contributed by atoms with Crippen LogP contribution in [-0.4, -0.2) is 65.9 Å². The first-order valence-corrected chi connectivity index (χ1v) is 13.8. The van der Waals surface area contributed by atoms with Crippen LogP contribution in [0.4, 0.5) is 15.1 Å². The second-order valence-electron chi connectivity index (χ2n) is 10.5. The first-order chi connectivity index (χ1) is 19.7. The molecule has 0 bridgehead atoms. The van der Waals surface area contributed by atoms with Gasteiger partial charge in [0, 0.05) is 68.0 Å². The van der Waals surface area contributed by atoms with Gasteiger partial charge >= 0.3 is 6.09 Å². The number of hydrogen-bond donors (Lipinski definition) is 2. The third-order valence-electron chi connectivity index (χ3n) is 6.80. The summed E-state index contributed by atoms with van der Waals surface area (Å²) in [5, 5.41) is 4.34. The van der Waals surface area contributed by atoms with Crippen LogP contribution in [0.2, 0.25) is 0 Å². The maximum absolute atomic E-state index is 15.1. The summed E-state index contributed by atoms with van der Waals surface area (Å²) >= 11 is 0. The van der Waals surface area contributed by atoms with E-state index >= 15 is 4.39 Å². The maximum atomic E-state index is 15.1. The molecule has 222 valence electrons. The lowest BCUT2D eigenvalue weighted by molar-refractivity contribution is -0.219. The van der Waals surface area contributed by atoms with E-state index in [1.807, 2.05) is 13.8 Å². The Hall–Kier alpha value is -3.84. The molecule has 4 N–H and O–H groups in total. The molecular formula is C28H38FN7O5. The number of ether oxygens (including phenoxy) is 3. The molecule has 2 aliphatic heterocycles. The number of carbonyl (C=O) groups excluding carboxylic acids is 1. The summed E-state index contributed by atoms with van der Waals surface area (Å²) in [6.45, 7) is 6.38. The topological polar surface area (TPSA) is 160 Å². The van der Waals surface area contributed by atoms with Crippen LogP contribution >= 0.6 is 0 Å². The minimum Gasteiger partial charge on any atom is -0.443 e. The number of rotatable bonds is 10. The van der Waals surface area contributed by atoms with Gasteiger partial charge in [-0.25, -0.2) is 19.2 Å². The number of aromatic nitrogens is 2. The van der Waals surface area contributed by atoms with Gasteiger partial charge in [0.15, 0.2) is 12.2 Å².